The number of hydrogen-bond donors (Lipinski definition) is 1. The summed E-state index contributed by atoms with van der Waals surface area (Å²) in [5, 5.41) is 0. The molecule has 2 N–H and O–H groups in total. The van der Waals surface area contributed by atoms with E-state index in [1.54, 1.807) is 0 Å². The fourth-order valence-corrected chi connectivity index (χ4v) is 3.62. The lowest BCUT2D eigenvalue weighted by molar-refractivity contribution is -0.0933. The summed E-state index contributed by atoms with van der Waals surface area (Å²) in [6.07, 6.45) is 4.72. The van der Waals surface area contributed by atoms with E-state index in [1.165, 1.54) is 19.3 Å². The van der Waals surface area contributed by atoms with Gasteiger partial charge in [-0.1, -0.05) is 13.3 Å². The Morgan fingerprint density at radius 1 is 1.12 bits per heavy atom. The van der Waals surface area contributed by atoms with E-state index >= 15 is 0 Å². The van der Waals surface area contributed by atoms with Gasteiger partial charge in [-0.2, -0.15) is 0 Å². The first-order valence-electron chi connectivity index (χ1n) is 7.19. The third-order valence-electron chi connectivity index (χ3n) is 4.44. The fraction of sp³-hybridized carbons (Fsp3) is 1.00. The van der Waals surface area contributed by atoms with Crippen LogP contribution in [0.25, 0.3) is 0 Å². The summed E-state index contributed by atoms with van der Waals surface area (Å²) >= 11 is 0. The molecule has 3 nitrogen and oxygen atoms in total. The smallest absolute Gasteiger partial charge is 0.0678 e. The highest BCUT2D eigenvalue weighted by atomic mass is 16.5. The SMILES string of the molecule is CC1CCC(CN)C(N2C[C@@H](C)O[C@@H](C)C2)C1. The predicted octanol–water partition coefficient (Wildman–Crippen LogP) is 1.86. The number of ether oxygens (including phenoxy) is 1. The van der Waals surface area contributed by atoms with Crippen LogP contribution in [0.1, 0.15) is 40.0 Å². The standard InChI is InChI=1S/C14H28N2O/c1-10-4-5-13(7-15)14(6-10)16-8-11(2)17-12(3)9-16/h10-14H,4-9,15H2,1-3H3/t10?,11-,12+,13?,14?. The van der Waals surface area contributed by atoms with Gasteiger partial charge in [0.25, 0.3) is 0 Å². The molecule has 100 valence electrons. The van der Waals surface area contributed by atoms with Crippen LogP contribution >= 0.6 is 0 Å². The van der Waals surface area contributed by atoms with E-state index in [1.807, 2.05) is 0 Å². The topological polar surface area (TPSA) is 38.5 Å². The molecule has 0 amide bonds. The van der Waals surface area contributed by atoms with Gasteiger partial charge >= 0.3 is 0 Å². The van der Waals surface area contributed by atoms with Gasteiger partial charge in [-0.05, 0) is 45.1 Å². The molecule has 1 saturated carbocycles. The fourth-order valence-electron chi connectivity index (χ4n) is 3.62. The van der Waals surface area contributed by atoms with Crippen LogP contribution in [-0.4, -0.2) is 42.8 Å². The highest BCUT2D eigenvalue weighted by Gasteiger charge is 2.35. The molecule has 3 unspecified atom stereocenters. The van der Waals surface area contributed by atoms with Gasteiger partial charge in [0, 0.05) is 19.1 Å². The van der Waals surface area contributed by atoms with Crippen LogP contribution in [0.5, 0.6) is 0 Å². The lowest BCUT2D eigenvalue weighted by Gasteiger charge is -2.46. The molecule has 1 aliphatic carbocycles. The van der Waals surface area contributed by atoms with Crippen molar-refractivity contribution in [1.29, 1.82) is 0 Å². The monoisotopic (exact) mass is 240 g/mol. The van der Waals surface area contributed by atoms with E-state index in [0.717, 1.165) is 25.6 Å². The van der Waals surface area contributed by atoms with Crippen LogP contribution in [0.3, 0.4) is 0 Å². The maximum Gasteiger partial charge on any atom is 0.0678 e. The average Bonchev–Trinajstić information content (AvgIpc) is 2.27. The maximum absolute atomic E-state index is 5.96. The second-order valence-corrected chi connectivity index (χ2v) is 6.19. The number of nitrogens with two attached hydrogens (primary N) is 1. The predicted molar refractivity (Wildman–Crippen MR) is 70.9 cm³/mol. The summed E-state index contributed by atoms with van der Waals surface area (Å²) in [5.41, 5.74) is 5.96. The molecule has 17 heavy (non-hydrogen) atoms. The zero-order valence-corrected chi connectivity index (χ0v) is 11.6. The molecule has 1 heterocycles. The third kappa shape index (κ3) is 3.21. The van der Waals surface area contributed by atoms with Crippen molar-refractivity contribution in [2.75, 3.05) is 19.6 Å². The summed E-state index contributed by atoms with van der Waals surface area (Å²) in [6, 6.07) is 0.692. The minimum absolute atomic E-state index is 0.370. The Bertz CT molecular complexity index is 236. The Morgan fingerprint density at radius 2 is 1.76 bits per heavy atom. The number of nitrogens with zero attached hydrogens (tertiary/aromatic N) is 1. The van der Waals surface area contributed by atoms with Crippen molar-refractivity contribution < 1.29 is 4.74 Å². The third-order valence-corrected chi connectivity index (χ3v) is 4.44. The van der Waals surface area contributed by atoms with Crippen molar-refractivity contribution in [2.24, 2.45) is 17.6 Å². The van der Waals surface area contributed by atoms with E-state index in [-0.39, 0.29) is 0 Å². The van der Waals surface area contributed by atoms with E-state index in [4.69, 9.17) is 10.5 Å². The van der Waals surface area contributed by atoms with Crippen molar-refractivity contribution >= 4 is 0 Å². The van der Waals surface area contributed by atoms with E-state index in [9.17, 15) is 0 Å². The van der Waals surface area contributed by atoms with Crippen LogP contribution in [0.4, 0.5) is 0 Å². The number of hydrogen-bond acceptors (Lipinski definition) is 3. The van der Waals surface area contributed by atoms with Crippen LogP contribution < -0.4 is 5.73 Å². The molecule has 0 spiro atoms. The van der Waals surface area contributed by atoms with Crippen molar-refractivity contribution in [3.63, 3.8) is 0 Å². The van der Waals surface area contributed by atoms with Gasteiger partial charge in [0.15, 0.2) is 0 Å². The van der Waals surface area contributed by atoms with Crippen LogP contribution in [0.2, 0.25) is 0 Å². The van der Waals surface area contributed by atoms with Gasteiger partial charge in [-0.25, -0.2) is 0 Å². The molecular formula is C14H28N2O. The largest absolute Gasteiger partial charge is 0.373 e. The zero-order chi connectivity index (χ0) is 12.4. The molecule has 1 aliphatic heterocycles. The van der Waals surface area contributed by atoms with E-state index in [0.29, 0.717) is 24.2 Å². The Morgan fingerprint density at radius 3 is 2.35 bits per heavy atom. The molecule has 0 aromatic rings. The molecule has 2 fully saturated rings. The minimum atomic E-state index is 0.370. The highest BCUT2D eigenvalue weighted by Crippen LogP contribution is 2.33. The zero-order valence-electron chi connectivity index (χ0n) is 11.6. The molecular weight excluding hydrogens is 212 g/mol. The molecule has 5 atom stereocenters. The van der Waals surface area contributed by atoms with Crippen LogP contribution in [0.15, 0.2) is 0 Å². The second kappa shape index (κ2) is 5.68. The highest BCUT2D eigenvalue weighted by molar-refractivity contribution is 4.89. The van der Waals surface area contributed by atoms with Gasteiger partial charge in [0.05, 0.1) is 12.2 Å². The normalized spacial score (nSPS) is 44.8. The van der Waals surface area contributed by atoms with E-state index in [2.05, 4.69) is 25.7 Å². The number of rotatable bonds is 2. The van der Waals surface area contributed by atoms with Gasteiger partial charge in [-0.15, -0.1) is 0 Å². The van der Waals surface area contributed by atoms with Gasteiger partial charge in [0.1, 0.15) is 0 Å². The molecule has 0 aromatic carbocycles. The summed E-state index contributed by atoms with van der Waals surface area (Å²) in [6.45, 7) is 9.76. The second-order valence-electron chi connectivity index (χ2n) is 6.19. The van der Waals surface area contributed by atoms with Gasteiger partial charge in [-0.3, -0.25) is 4.90 Å². The average molecular weight is 240 g/mol. The van der Waals surface area contributed by atoms with Gasteiger partial charge < -0.3 is 10.5 Å². The molecule has 2 rings (SSSR count). The molecule has 3 heteroatoms. The van der Waals surface area contributed by atoms with Crippen molar-refractivity contribution in [3.8, 4) is 0 Å². The number of morpholine rings is 1. The van der Waals surface area contributed by atoms with E-state index < -0.39 is 0 Å². The maximum atomic E-state index is 5.96. The Hall–Kier alpha value is -0.120. The van der Waals surface area contributed by atoms with Crippen LogP contribution in [-0.2, 0) is 4.74 Å². The Labute approximate surface area is 106 Å². The van der Waals surface area contributed by atoms with Crippen molar-refractivity contribution in [1.82, 2.24) is 4.90 Å². The first kappa shape index (κ1) is 13.3. The van der Waals surface area contributed by atoms with Gasteiger partial charge in [0.2, 0.25) is 0 Å². The van der Waals surface area contributed by atoms with Crippen molar-refractivity contribution in [2.45, 2.75) is 58.3 Å². The molecule has 0 radical (unpaired) electrons. The molecule has 1 saturated heterocycles. The molecule has 2 aliphatic rings. The minimum Gasteiger partial charge on any atom is -0.373 e. The summed E-state index contributed by atoms with van der Waals surface area (Å²) in [5.74, 6) is 1.56. The summed E-state index contributed by atoms with van der Waals surface area (Å²) in [7, 11) is 0. The van der Waals surface area contributed by atoms with Crippen LogP contribution in [0, 0.1) is 11.8 Å². The summed E-state index contributed by atoms with van der Waals surface area (Å²) in [4.78, 5) is 2.64. The molecule has 0 bridgehead atoms. The van der Waals surface area contributed by atoms with Crippen molar-refractivity contribution in [3.05, 3.63) is 0 Å². The summed E-state index contributed by atoms with van der Waals surface area (Å²) < 4.78 is 5.83. The Balaban J connectivity index is 2.02. The molecule has 0 aromatic heterocycles. The first-order chi connectivity index (χ1) is 8.10. The lowest BCUT2D eigenvalue weighted by Crippen LogP contribution is -2.54. The first-order valence-corrected chi connectivity index (χ1v) is 7.19. The quantitative estimate of drug-likeness (QED) is 0.800. The lowest BCUT2D eigenvalue weighted by atomic mass is 9.78. The Kier molecular flexibility index (Phi) is 4.45.